The normalized spacial score (nSPS) is 10.6. The van der Waals surface area contributed by atoms with Gasteiger partial charge in [0, 0.05) is 5.56 Å². The predicted molar refractivity (Wildman–Crippen MR) is 72.9 cm³/mol. The van der Waals surface area contributed by atoms with E-state index in [0.29, 0.717) is 0 Å². The number of hydrogen-bond donors (Lipinski definition) is 1. The van der Waals surface area contributed by atoms with Gasteiger partial charge in [0.05, 0.1) is 19.0 Å². The largest absolute Gasteiger partial charge is 0.463 e. The standard InChI is InChI=1S/C15H12N2O2/c1-19-15(18)14-16-9-13(17-14)12-7-6-10-4-2-3-5-11(10)8-12/h2-9H,1H3,(H,16,17). The van der Waals surface area contributed by atoms with Gasteiger partial charge in [0.15, 0.2) is 0 Å². The number of ether oxygens (including phenoxy) is 1. The molecule has 1 heterocycles. The summed E-state index contributed by atoms with van der Waals surface area (Å²) in [7, 11) is 1.33. The molecule has 0 fully saturated rings. The number of carbonyl (C=O) groups excluding carboxylic acids is 1. The zero-order valence-corrected chi connectivity index (χ0v) is 10.4. The van der Waals surface area contributed by atoms with Crippen LogP contribution in [-0.2, 0) is 4.74 Å². The Kier molecular flexibility index (Phi) is 2.76. The lowest BCUT2D eigenvalue weighted by Crippen LogP contribution is -2.03. The van der Waals surface area contributed by atoms with Gasteiger partial charge in [0.2, 0.25) is 5.82 Å². The molecule has 0 unspecified atom stereocenters. The Morgan fingerprint density at radius 1 is 1.16 bits per heavy atom. The average molecular weight is 252 g/mol. The van der Waals surface area contributed by atoms with Gasteiger partial charge in [-0.3, -0.25) is 0 Å². The molecular weight excluding hydrogens is 240 g/mol. The number of methoxy groups -OCH3 is 1. The highest BCUT2D eigenvalue weighted by atomic mass is 16.5. The van der Waals surface area contributed by atoms with Crippen LogP contribution in [0.5, 0.6) is 0 Å². The molecule has 0 atom stereocenters. The summed E-state index contributed by atoms with van der Waals surface area (Å²) in [6, 6.07) is 14.2. The van der Waals surface area contributed by atoms with Crippen molar-refractivity contribution < 1.29 is 9.53 Å². The van der Waals surface area contributed by atoms with Gasteiger partial charge >= 0.3 is 5.97 Å². The van der Waals surface area contributed by atoms with Crippen LogP contribution in [-0.4, -0.2) is 23.0 Å². The number of nitrogens with one attached hydrogen (secondary N) is 1. The van der Waals surface area contributed by atoms with E-state index in [9.17, 15) is 4.79 Å². The first-order valence-corrected chi connectivity index (χ1v) is 5.90. The van der Waals surface area contributed by atoms with E-state index < -0.39 is 5.97 Å². The minimum atomic E-state index is -0.466. The van der Waals surface area contributed by atoms with Crippen molar-refractivity contribution in [2.45, 2.75) is 0 Å². The molecule has 0 radical (unpaired) electrons. The molecule has 4 nitrogen and oxygen atoms in total. The highest BCUT2D eigenvalue weighted by Gasteiger charge is 2.11. The summed E-state index contributed by atoms with van der Waals surface area (Å²) in [6.45, 7) is 0. The van der Waals surface area contributed by atoms with Crippen molar-refractivity contribution in [3.8, 4) is 11.3 Å². The van der Waals surface area contributed by atoms with E-state index >= 15 is 0 Å². The predicted octanol–water partition coefficient (Wildman–Crippen LogP) is 3.02. The van der Waals surface area contributed by atoms with Crippen LogP contribution in [0.4, 0.5) is 0 Å². The molecule has 1 N–H and O–H groups in total. The summed E-state index contributed by atoms with van der Waals surface area (Å²) in [5, 5.41) is 2.33. The van der Waals surface area contributed by atoms with Crippen molar-refractivity contribution in [1.29, 1.82) is 0 Å². The van der Waals surface area contributed by atoms with Gasteiger partial charge in [-0.15, -0.1) is 0 Å². The van der Waals surface area contributed by atoms with E-state index in [1.54, 1.807) is 6.20 Å². The van der Waals surface area contributed by atoms with Crippen molar-refractivity contribution >= 4 is 16.7 Å². The lowest BCUT2D eigenvalue weighted by atomic mass is 10.1. The first kappa shape index (κ1) is 11.5. The number of H-pyrrole nitrogens is 1. The van der Waals surface area contributed by atoms with E-state index in [2.05, 4.69) is 32.9 Å². The Morgan fingerprint density at radius 2 is 1.95 bits per heavy atom. The molecule has 0 amide bonds. The number of nitrogens with zero attached hydrogens (tertiary/aromatic N) is 1. The Labute approximate surface area is 110 Å². The van der Waals surface area contributed by atoms with Crippen molar-refractivity contribution in [3.63, 3.8) is 0 Å². The van der Waals surface area contributed by atoms with Crippen molar-refractivity contribution in [2.24, 2.45) is 0 Å². The Bertz CT molecular complexity index is 746. The van der Waals surface area contributed by atoms with Crippen molar-refractivity contribution in [3.05, 3.63) is 54.5 Å². The fourth-order valence-electron chi connectivity index (χ4n) is 2.03. The van der Waals surface area contributed by atoms with Crippen LogP contribution in [0.1, 0.15) is 10.6 Å². The number of fused-ring (bicyclic) bond motifs is 1. The zero-order valence-electron chi connectivity index (χ0n) is 10.4. The van der Waals surface area contributed by atoms with E-state index in [-0.39, 0.29) is 5.82 Å². The molecule has 4 heteroatoms. The summed E-state index contributed by atoms with van der Waals surface area (Å²) < 4.78 is 4.62. The van der Waals surface area contributed by atoms with Gasteiger partial charge in [-0.05, 0) is 16.8 Å². The topological polar surface area (TPSA) is 55.0 Å². The van der Waals surface area contributed by atoms with E-state index in [1.165, 1.54) is 12.5 Å². The fourth-order valence-corrected chi connectivity index (χ4v) is 2.03. The molecule has 94 valence electrons. The first-order valence-electron chi connectivity index (χ1n) is 5.90. The second kappa shape index (κ2) is 4.57. The molecule has 0 aliphatic rings. The van der Waals surface area contributed by atoms with Gasteiger partial charge < -0.3 is 9.72 Å². The number of rotatable bonds is 2. The average Bonchev–Trinajstić information content (AvgIpc) is 2.95. The van der Waals surface area contributed by atoms with E-state index in [0.717, 1.165) is 16.6 Å². The molecule has 3 aromatic rings. The summed E-state index contributed by atoms with van der Waals surface area (Å²) in [4.78, 5) is 18.3. The molecule has 0 saturated carbocycles. The molecule has 2 aromatic carbocycles. The Morgan fingerprint density at radius 3 is 2.74 bits per heavy atom. The SMILES string of the molecule is COC(=O)c1ncc(-c2ccc3ccccc3c2)[nH]1. The second-order valence-electron chi connectivity index (χ2n) is 4.20. The van der Waals surface area contributed by atoms with Gasteiger partial charge in [-0.25, -0.2) is 9.78 Å². The molecule has 1 aromatic heterocycles. The molecule has 3 rings (SSSR count). The third-order valence-electron chi connectivity index (χ3n) is 3.02. The fraction of sp³-hybridized carbons (Fsp3) is 0.0667. The number of hydrogen-bond acceptors (Lipinski definition) is 3. The van der Waals surface area contributed by atoms with Gasteiger partial charge in [-0.1, -0.05) is 36.4 Å². The van der Waals surface area contributed by atoms with E-state index in [1.807, 2.05) is 24.3 Å². The van der Waals surface area contributed by atoms with E-state index in [4.69, 9.17) is 0 Å². The Balaban J connectivity index is 2.04. The quantitative estimate of drug-likeness (QED) is 0.713. The number of esters is 1. The lowest BCUT2D eigenvalue weighted by molar-refractivity contribution is 0.0588. The summed E-state index contributed by atoms with van der Waals surface area (Å²) in [6.07, 6.45) is 1.64. The summed E-state index contributed by atoms with van der Waals surface area (Å²) in [5.41, 5.74) is 1.78. The second-order valence-corrected chi connectivity index (χ2v) is 4.20. The monoisotopic (exact) mass is 252 g/mol. The van der Waals surface area contributed by atoms with Crippen LogP contribution in [0.25, 0.3) is 22.0 Å². The van der Waals surface area contributed by atoms with Crippen LogP contribution in [0, 0.1) is 0 Å². The highest BCUT2D eigenvalue weighted by Crippen LogP contribution is 2.23. The maximum Gasteiger partial charge on any atom is 0.374 e. The number of aromatic amines is 1. The number of aromatic nitrogens is 2. The zero-order chi connectivity index (χ0) is 13.2. The van der Waals surface area contributed by atoms with Gasteiger partial charge in [-0.2, -0.15) is 0 Å². The maximum atomic E-state index is 11.4. The maximum absolute atomic E-state index is 11.4. The molecule has 0 aliphatic heterocycles. The number of carbonyl (C=O) groups is 1. The third kappa shape index (κ3) is 2.08. The molecule has 0 bridgehead atoms. The first-order chi connectivity index (χ1) is 9.28. The molecule has 0 aliphatic carbocycles. The number of benzene rings is 2. The van der Waals surface area contributed by atoms with Crippen LogP contribution >= 0.6 is 0 Å². The molecular formula is C15H12N2O2. The van der Waals surface area contributed by atoms with Gasteiger partial charge in [0.25, 0.3) is 0 Å². The van der Waals surface area contributed by atoms with Crippen LogP contribution < -0.4 is 0 Å². The minimum absolute atomic E-state index is 0.214. The molecule has 19 heavy (non-hydrogen) atoms. The van der Waals surface area contributed by atoms with Crippen molar-refractivity contribution in [1.82, 2.24) is 9.97 Å². The molecule has 0 saturated heterocycles. The summed E-state index contributed by atoms with van der Waals surface area (Å²) in [5.74, 6) is -0.252. The van der Waals surface area contributed by atoms with Crippen LogP contribution in [0.2, 0.25) is 0 Å². The smallest absolute Gasteiger partial charge is 0.374 e. The van der Waals surface area contributed by atoms with Crippen LogP contribution in [0.15, 0.2) is 48.7 Å². The Hall–Kier alpha value is -2.62. The third-order valence-corrected chi connectivity index (χ3v) is 3.02. The number of imidazole rings is 1. The van der Waals surface area contributed by atoms with Crippen molar-refractivity contribution in [2.75, 3.05) is 7.11 Å². The molecule has 0 spiro atoms. The lowest BCUT2D eigenvalue weighted by Gasteiger charge is -2.01. The van der Waals surface area contributed by atoms with Gasteiger partial charge in [0.1, 0.15) is 0 Å². The highest BCUT2D eigenvalue weighted by molar-refractivity contribution is 5.88. The van der Waals surface area contributed by atoms with Crippen LogP contribution in [0.3, 0.4) is 0 Å². The minimum Gasteiger partial charge on any atom is -0.463 e. The summed E-state index contributed by atoms with van der Waals surface area (Å²) >= 11 is 0.